The molecular weight excluding hydrogens is 544 g/mol. The number of amides is 2. The van der Waals surface area contributed by atoms with Crippen LogP contribution in [0.2, 0.25) is 0 Å². The van der Waals surface area contributed by atoms with Crippen LogP contribution in [0, 0.1) is 22.2 Å². The summed E-state index contributed by atoms with van der Waals surface area (Å²) in [4.78, 5) is 46.5. The molecule has 1 spiro atoms. The highest BCUT2D eigenvalue weighted by molar-refractivity contribution is 5.98. The summed E-state index contributed by atoms with van der Waals surface area (Å²) < 4.78 is 2.09. The number of hydrogen-bond donors (Lipinski definition) is 2. The zero-order valence-corrected chi connectivity index (χ0v) is 25.8. The molecule has 2 saturated heterocycles. The Kier molecular flexibility index (Phi) is 6.38. The molecule has 11 nitrogen and oxygen atoms in total. The Balaban J connectivity index is 1.11. The largest absolute Gasteiger partial charge is 0.396 e. The van der Waals surface area contributed by atoms with Gasteiger partial charge >= 0.3 is 0 Å². The van der Waals surface area contributed by atoms with Crippen LogP contribution in [-0.4, -0.2) is 105 Å². The third-order valence-electron chi connectivity index (χ3n) is 11.2. The number of rotatable bonds is 6. The first-order valence-corrected chi connectivity index (χ1v) is 15.4. The van der Waals surface area contributed by atoms with E-state index in [2.05, 4.69) is 45.6 Å². The predicted octanol–water partition coefficient (Wildman–Crippen LogP) is 3.41. The van der Waals surface area contributed by atoms with E-state index in [1.54, 1.807) is 43.5 Å². The van der Waals surface area contributed by atoms with E-state index in [0.29, 0.717) is 36.1 Å². The Morgan fingerprint density at radius 1 is 1.07 bits per heavy atom. The number of hydrogen-bond acceptors (Lipinski definition) is 8. The first kappa shape index (κ1) is 28.2. The van der Waals surface area contributed by atoms with Crippen molar-refractivity contribution < 1.29 is 14.7 Å². The molecule has 5 heterocycles. The number of carbonyl (C=O) groups is 2. The highest BCUT2D eigenvalue weighted by Crippen LogP contribution is 2.80. The van der Waals surface area contributed by atoms with Crippen LogP contribution in [0.3, 0.4) is 0 Å². The fraction of sp³-hybridized carbons (Fsp3) is 0.594. The number of piperidine rings is 1. The van der Waals surface area contributed by atoms with Crippen molar-refractivity contribution in [3.8, 4) is 0 Å². The quantitative estimate of drug-likeness (QED) is 0.451. The van der Waals surface area contributed by atoms with Gasteiger partial charge in [0.05, 0.1) is 5.56 Å². The smallest absolute Gasteiger partial charge is 0.270 e. The zero-order chi connectivity index (χ0) is 30.3. The maximum Gasteiger partial charge on any atom is 0.270 e. The molecule has 7 rings (SSSR count). The lowest BCUT2D eigenvalue weighted by Gasteiger charge is -2.43. The van der Waals surface area contributed by atoms with Gasteiger partial charge in [-0.15, -0.1) is 0 Å². The van der Waals surface area contributed by atoms with Gasteiger partial charge in [0.2, 0.25) is 5.95 Å². The maximum absolute atomic E-state index is 13.7. The third kappa shape index (κ3) is 4.03. The average Bonchev–Trinajstić information content (AvgIpc) is 3.46. The number of anilines is 2. The van der Waals surface area contributed by atoms with Crippen molar-refractivity contribution in [2.24, 2.45) is 22.2 Å². The third-order valence-corrected chi connectivity index (χ3v) is 11.2. The van der Waals surface area contributed by atoms with Gasteiger partial charge in [0, 0.05) is 81.5 Å². The molecule has 3 aromatic heterocycles. The van der Waals surface area contributed by atoms with Crippen LogP contribution in [0.15, 0.2) is 30.6 Å². The first-order valence-electron chi connectivity index (χ1n) is 15.4. The van der Waals surface area contributed by atoms with Crippen molar-refractivity contribution in [1.82, 2.24) is 34.2 Å². The Morgan fingerprint density at radius 2 is 1.84 bits per heavy atom. The molecule has 4 atom stereocenters. The van der Waals surface area contributed by atoms with Gasteiger partial charge in [-0.3, -0.25) is 9.59 Å². The Hall–Kier alpha value is -3.57. The molecule has 0 radical (unpaired) electrons. The van der Waals surface area contributed by atoms with Crippen LogP contribution >= 0.6 is 0 Å². The number of nitrogens with one attached hydrogen (secondary N) is 1. The summed E-state index contributed by atoms with van der Waals surface area (Å²) in [7, 11) is 5.67. The summed E-state index contributed by atoms with van der Waals surface area (Å²) in [5.41, 5.74) is 1.83. The van der Waals surface area contributed by atoms with Gasteiger partial charge in [-0.05, 0) is 49.4 Å². The molecule has 4 aliphatic rings. The van der Waals surface area contributed by atoms with Crippen molar-refractivity contribution >= 4 is 34.6 Å². The lowest BCUT2D eigenvalue weighted by atomic mass is 9.69. The molecule has 2 saturated carbocycles. The Labute approximate surface area is 252 Å². The number of aliphatic hydroxyl groups excluding tert-OH is 1. The van der Waals surface area contributed by atoms with Crippen molar-refractivity contribution in [3.63, 3.8) is 0 Å². The van der Waals surface area contributed by atoms with Crippen molar-refractivity contribution in [2.45, 2.75) is 45.6 Å². The van der Waals surface area contributed by atoms with Crippen LogP contribution in [0.25, 0.3) is 11.0 Å². The predicted molar refractivity (Wildman–Crippen MR) is 163 cm³/mol. The molecule has 0 bridgehead atoms. The molecule has 43 heavy (non-hydrogen) atoms. The summed E-state index contributed by atoms with van der Waals surface area (Å²) in [5.74, 6) is 1.07. The van der Waals surface area contributed by atoms with Crippen LogP contribution in [0.5, 0.6) is 0 Å². The minimum absolute atomic E-state index is 0.0177. The molecule has 3 aromatic rings. The highest BCUT2D eigenvalue weighted by Gasteiger charge is 2.83. The van der Waals surface area contributed by atoms with Crippen molar-refractivity contribution in [3.05, 3.63) is 41.9 Å². The summed E-state index contributed by atoms with van der Waals surface area (Å²) in [5, 5.41) is 14.3. The molecular formula is C32H42N8O3. The van der Waals surface area contributed by atoms with E-state index < -0.39 is 0 Å². The van der Waals surface area contributed by atoms with Gasteiger partial charge in [0.15, 0.2) is 0 Å². The average molecular weight is 587 g/mol. The van der Waals surface area contributed by atoms with E-state index in [1.165, 1.54) is 0 Å². The summed E-state index contributed by atoms with van der Waals surface area (Å²) in [6.45, 7) is 7.95. The maximum atomic E-state index is 13.7. The van der Waals surface area contributed by atoms with Crippen molar-refractivity contribution in [1.29, 1.82) is 0 Å². The minimum Gasteiger partial charge on any atom is -0.396 e. The molecule has 4 unspecified atom stereocenters. The zero-order valence-electron chi connectivity index (χ0n) is 25.8. The van der Waals surface area contributed by atoms with E-state index >= 15 is 0 Å². The lowest BCUT2D eigenvalue weighted by Crippen LogP contribution is -2.49. The minimum atomic E-state index is -0.0596. The molecule has 2 N–H and O–H groups in total. The van der Waals surface area contributed by atoms with Crippen LogP contribution in [0.1, 0.15) is 66.4 Å². The van der Waals surface area contributed by atoms with Gasteiger partial charge in [-0.1, -0.05) is 26.7 Å². The van der Waals surface area contributed by atoms with E-state index in [9.17, 15) is 14.7 Å². The number of pyridine rings is 1. The fourth-order valence-electron chi connectivity index (χ4n) is 9.42. The van der Waals surface area contributed by atoms with Gasteiger partial charge in [-0.25, -0.2) is 9.97 Å². The standard InChI is InChI=1S/C32H42N8O3/c1-30-16-38(5)18-31(2)24(15-41)32(30,31)19-39(17-30)27(42)20-10-11-25(33-13-20)35-29-34-14-21-12-23(28(43)37(3)4)40(26(21)36-29)22-8-6-7-9-22/h10-14,22,24,41H,6-9,15-19H2,1-5H3,(H,33,34,35,36). The number of aliphatic hydroxyl groups is 1. The molecule has 2 aliphatic carbocycles. The molecule has 2 aliphatic heterocycles. The van der Waals surface area contributed by atoms with Crippen LogP contribution < -0.4 is 5.32 Å². The Bertz CT molecular complexity index is 1600. The normalized spacial score (nSPS) is 30.4. The first-order chi connectivity index (χ1) is 20.5. The van der Waals surface area contributed by atoms with E-state index in [4.69, 9.17) is 4.98 Å². The second-order valence-electron chi connectivity index (χ2n) is 14.1. The second kappa shape index (κ2) is 9.72. The number of aromatic nitrogens is 4. The van der Waals surface area contributed by atoms with Crippen LogP contribution in [0.4, 0.5) is 11.8 Å². The number of fused-ring (bicyclic) bond motifs is 1. The van der Waals surface area contributed by atoms with Gasteiger partial charge < -0.3 is 29.7 Å². The second-order valence-corrected chi connectivity index (χ2v) is 14.1. The number of likely N-dealkylation sites (tertiary alicyclic amines) is 2. The van der Waals surface area contributed by atoms with Crippen molar-refractivity contribution in [2.75, 3.05) is 59.2 Å². The topological polar surface area (TPSA) is 120 Å². The van der Waals surface area contributed by atoms with Gasteiger partial charge in [0.1, 0.15) is 17.2 Å². The van der Waals surface area contributed by atoms with E-state index in [0.717, 1.165) is 49.8 Å². The SMILES string of the molecule is CN1CC2(C)CN(C(=O)c3ccc(Nc4ncc5cc(C(=O)N(C)C)n(C6CCCC6)c5n4)nc3)CC23C(CO)C3(C)C1. The summed E-state index contributed by atoms with van der Waals surface area (Å²) in [6.07, 6.45) is 7.69. The van der Waals surface area contributed by atoms with Gasteiger partial charge in [0.25, 0.3) is 11.8 Å². The molecule has 4 fully saturated rings. The molecule has 11 heteroatoms. The fourth-order valence-corrected chi connectivity index (χ4v) is 9.42. The van der Waals surface area contributed by atoms with E-state index in [-0.39, 0.29) is 46.6 Å². The summed E-state index contributed by atoms with van der Waals surface area (Å²) in [6, 6.07) is 5.71. The van der Waals surface area contributed by atoms with E-state index in [1.807, 2.05) is 11.0 Å². The Morgan fingerprint density at radius 3 is 2.51 bits per heavy atom. The highest BCUT2D eigenvalue weighted by atomic mass is 16.3. The summed E-state index contributed by atoms with van der Waals surface area (Å²) >= 11 is 0. The molecule has 0 aromatic carbocycles. The lowest BCUT2D eigenvalue weighted by molar-refractivity contribution is 0.0476. The monoisotopic (exact) mass is 586 g/mol. The van der Waals surface area contributed by atoms with Crippen LogP contribution in [-0.2, 0) is 0 Å². The molecule has 228 valence electrons. The number of carbonyl (C=O) groups excluding carboxylic acids is 2. The van der Waals surface area contributed by atoms with Gasteiger partial charge in [-0.2, -0.15) is 4.98 Å². The molecule has 2 amide bonds. The number of nitrogens with zero attached hydrogens (tertiary/aromatic N) is 7.